The summed E-state index contributed by atoms with van der Waals surface area (Å²) < 4.78 is 0. The number of piperidine rings is 1. The van der Waals surface area contributed by atoms with E-state index in [9.17, 15) is 14.7 Å². The summed E-state index contributed by atoms with van der Waals surface area (Å²) in [5, 5.41) is 12.3. The van der Waals surface area contributed by atoms with Gasteiger partial charge in [-0.25, -0.2) is 0 Å². The topological polar surface area (TPSA) is 69.6 Å². The molecule has 0 aromatic carbocycles. The highest BCUT2D eigenvalue weighted by Gasteiger charge is 2.27. The van der Waals surface area contributed by atoms with Crippen molar-refractivity contribution in [2.45, 2.75) is 39.2 Å². The first-order chi connectivity index (χ1) is 7.79. The second-order valence-electron chi connectivity index (χ2n) is 5.33. The minimum atomic E-state index is -0.898. The van der Waals surface area contributed by atoms with E-state index in [4.69, 9.17) is 0 Å². The van der Waals surface area contributed by atoms with Crippen LogP contribution >= 0.6 is 0 Å². The molecule has 2 N–H and O–H groups in total. The Balaban J connectivity index is 2.44. The van der Waals surface area contributed by atoms with E-state index >= 15 is 0 Å². The van der Waals surface area contributed by atoms with Gasteiger partial charge in [-0.15, -0.1) is 0 Å². The molecule has 1 atom stereocenters. The van der Waals surface area contributed by atoms with Crippen molar-refractivity contribution in [3.05, 3.63) is 0 Å². The van der Waals surface area contributed by atoms with Gasteiger partial charge in [0, 0.05) is 26.6 Å². The van der Waals surface area contributed by atoms with Crippen molar-refractivity contribution < 1.29 is 14.7 Å². The molecule has 0 aliphatic carbocycles. The van der Waals surface area contributed by atoms with Gasteiger partial charge in [-0.05, 0) is 26.7 Å². The van der Waals surface area contributed by atoms with Crippen molar-refractivity contribution >= 4 is 11.8 Å². The van der Waals surface area contributed by atoms with Gasteiger partial charge >= 0.3 is 0 Å². The molecule has 1 rings (SSSR count). The SMILES string of the molecule is CC(=O)N1CCCC(C(=O)NCC(C)(C)O)C1. The van der Waals surface area contributed by atoms with Crippen LogP contribution in [0.3, 0.4) is 0 Å². The molecule has 0 radical (unpaired) electrons. The summed E-state index contributed by atoms with van der Waals surface area (Å²) in [6.45, 7) is 6.29. The summed E-state index contributed by atoms with van der Waals surface area (Å²) in [5.41, 5.74) is -0.898. The van der Waals surface area contributed by atoms with Gasteiger partial charge in [0.05, 0.1) is 11.5 Å². The summed E-state index contributed by atoms with van der Waals surface area (Å²) >= 11 is 0. The Morgan fingerprint density at radius 1 is 1.47 bits per heavy atom. The van der Waals surface area contributed by atoms with Crippen LogP contribution in [0.1, 0.15) is 33.6 Å². The van der Waals surface area contributed by atoms with E-state index in [1.807, 2.05) is 0 Å². The van der Waals surface area contributed by atoms with Crippen LogP contribution in [-0.2, 0) is 9.59 Å². The smallest absolute Gasteiger partial charge is 0.225 e. The van der Waals surface area contributed by atoms with Crippen molar-refractivity contribution in [2.75, 3.05) is 19.6 Å². The maximum absolute atomic E-state index is 11.9. The van der Waals surface area contributed by atoms with E-state index in [-0.39, 0.29) is 24.3 Å². The lowest BCUT2D eigenvalue weighted by atomic mass is 9.96. The molecule has 17 heavy (non-hydrogen) atoms. The molecular weight excluding hydrogens is 220 g/mol. The highest BCUT2D eigenvalue weighted by Crippen LogP contribution is 2.16. The molecule has 0 bridgehead atoms. The Morgan fingerprint density at radius 3 is 2.65 bits per heavy atom. The lowest BCUT2D eigenvalue weighted by Crippen LogP contribution is -2.47. The number of carbonyl (C=O) groups excluding carboxylic acids is 2. The minimum Gasteiger partial charge on any atom is -0.389 e. The Labute approximate surface area is 102 Å². The normalized spacial score (nSPS) is 21.2. The molecule has 5 heteroatoms. The molecule has 1 unspecified atom stereocenters. The zero-order valence-electron chi connectivity index (χ0n) is 10.8. The van der Waals surface area contributed by atoms with Crippen molar-refractivity contribution in [2.24, 2.45) is 5.92 Å². The van der Waals surface area contributed by atoms with Gasteiger partial charge < -0.3 is 15.3 Å². The number of nitrogens with zero attached hydrogens (tertiary/aromatic N) is 1. The van der Waals surface area contributed by atoms with Crippen LogP contribution in [0.15, 0.2) is 0 Å². The van der Waals surface area contributed by atoms with E-state index in [2.05, 4.69) is 5.32 Å². The van der Waals surface area contributed by atoms with E-state index in [0.29, 0.717) is 6.54 Å². The monoisotopic (exact) mass is 242 g/mol. The van der Waals surface area contributed by atoms with Gasteiger partial charge in [0.15, 0.2) is 0 Å². The second-order valence-corrected chi connectivity index (χ2v) is 5.33. The Bertz CT molecular complexity index is 297. The number of hydrogen-bond donors (Lipinski definition) is 2. The predicted molar refractivity (Wildman–Crippen MR) is 64.3 cm³/mol. The standard InChI is InChI=1S/C12H22N2O3/c1-9(15)14-6-4-5-10(7-14)11(16)13-8-12(2,3)17/h10,17H,4-8H2,1-3H3,(H,13,16). The largest absolute Gasteiger partial charge is 0.389 e. The zero-order valence-corrected chi connectivity index (χ0v) is 10.8. The molecule has 1 aliphatic heterocycles. The zero-order chi connectivity index (χ0) is 13.1. The van der Waals surface area contributed by atoms with E-state index < -0.39 is 5.60 Å². The fraction of sp³-hybridized carbons (Fsp3) is 0.833. The third-order valence-corrected chi connectivity index (χ3v) is 2.93. The average molecular weight is 242 g/mol. The number of likely N-dealkylation sites (tertiary alicyclic amines) is 1. The van der Waals surface area contributed by atoms with Crippen molar-refractivity contribution in [1.82, 2.24) is 10.2 Å². The average Bonchev–Trinajstić information content (AvgIpc) is 2.25. The van der Waals surface area contributed by atoms with Crippen LogP contribution in [0, 0.1) is 5.92 Å². The van der Waals surface area contributed by atoms with Crippen LogP contribution < -0.4 is 5.32 Å². The molecule has 0 saturated carbocycles. The number of aliphatic hydroxyl groups is 1. The van der Waals surface area contributed by atoms with Crippen LogP contribution in [-0.4, -0.2) is 47.1 Å². The van der Waals surface area contributed by atoms with Crippen LogP contribution in [0.2, 0.25) is 0 Å². The second kappa shape index (κ2) is 5.49. The quantitative estimate of drug-likeness (QED) is 0.739. The summed E-state index contributed by atoms with van der Waals surface area (Å²) in [7, 11) is 0. The molecule has 2 amide bonds. The fourth-order valence-corrected chi connectivity index (χ4v) is 1.92. The van der Waals surface area contributed by atoms with Gasteiger partial charge in [0.25, 0.3) is 0 Å². The predicted octanol–water partition coefficient (Wildman–Crippen LogP) is 0.132. The molecule has 1 heterocycles. The van der Waals surface area contributed by atoms with Crippen molar-refractivity contribution in [3.8, 4) is 0 Å². The maximum atomic E-state index is 11.9. The molecule has 0 spiro atoms. The highest BCUT2D eigenvalue weighted by molar-refractivity contribution is 5.80. The first-order valence-corrected chi connectivity index (χ1v) is 6.05. The summed E-state index contributed by atoms with van der Waals surface area (Å²) in [6.07, 6.45) is 1.67. The van der Waals surface area contributed by atoms with Crippen LogP contribution in [0.4, 0.5) is 0 Å². The first-order valence-electron chi connectivity index (χ1n) is 6.05. The Hall–Kier alpha value is -1.10. The van der Waals surface area contributed by atoms with Crippen LogP contribution in [0.25, 0.3) is 0 Å². The summed E-state index contributed by atoms with van der Waals surface area (Å²) in [6, 6.07) is 0. The lowest BCUT2D eigenvalue weighted by Gasteiger charge is -2.31. The summed E-state index contributed by atoms with van der Waals surface area (Å²) in [4.78, 5) is 24.8. The number of rotatable bonds is 3. The third kappa shape index (κ3) is 4.73. The maximum Gasteiger partial charge on any atom is 0.225 e. The molecule has 1 aliphatic rings. The van der Waals surface area contributed by atoms with E-state index in [0.717, 1.165) is 19.4 Å². The number of amides is 2. The Morgan fingerprint density at radius 2 is 2.12 bits per heavy atom. The minimum absolute atomic E-state index is 0.0185. The first kappa shape index (κ1) is 14.0. The molecule has 0 aromatic rings. The molecule has 5 nitrogen and oxygen atoms in total. The van der Waals surface area contributed by atoms with Gasteiger partial charge in [-0.2, -0.15) is 0 Å². The van der Waals surface area contributed by atoms with E-state index in [1.54, 1.807) is 18.7 Å². The summed E-state index contributed by atoms with van der Waals surface area (Å²) in [5.74, 6) is -0.196. The fourth-order valence-electron chi connectivity index (χ4n) is 1.92. The van der Waals surface area contributed by atoms with Gasteiger partial charge in [0.1, 0.15) is 0 Å². The number of hydrogen-bond acceptors (Lipinski definition) is 3. The highest BCUT2D eigenvalue weighted by atomic mass is 16.3. The number of nitrogens with one attached hydrogen (secondary N) is 1. The molecule has 1 fully saturated rings. The molecule has 1 saturated heterocycles. The lowest BCUT2D eigenvalue weighted by molar-refractivity contribution is -0.134. The molecular formula is C12H22N2O3. The van der Waals surface area contributed by atoms with Gasteiger partial charge in [0.2, 0.25) is 11.8 Å². The molecule has 0 aromatic heterocycles. The van der Waals surface area contributed by atoms with Gasteiger partial charge in [-0.3, -0.25) is 9.59 Å². The van der Waals surface area contributed by atoms with E-state index in [1.165, 1.54) is 6.92 Å². The van der Waals surface area contributed by atoms with Crippen molar-refractivity contribution in [1.29, 1.82) is 0 Å². The third-order valence-electron chi connectivity index (χ3n) is 2.93. The molecule has 98 valence electrons. The van der Waals surface area contributed by atoms with Gasteiger partial charge in [-0.1, -0.05) is 0 Å². The van der Waals surface area contributed by atoms with Crippen LogP contribution in [0.5, 0.6) is 0 Å². The Kier molecular flexibility index (Phi) is 4.51. The van der Waals surface area contributed by atoms with Crippen molar-refractivity contribution in [3.63, 3.8) is 0 Å². The number of carbonyl (C=O) groups is 2.